The Kier molecular flexibility index (Phi) is 6.48. The van der Waals surface area contributed by atoms with E-state index in [2.05, 4.69) is 32.0 Å². The Morgan fingerprint density at radius 2 is 2.00 bits per heavy atom. The summed E-state index contributed by atoms with van der Waals surface area (Å²) in [4.78, 5) is 25.1. The maximum atomic E-state index is 12.8. The van der Waals surface area contributed by atoms with Gasteiger partial charge in [-0.3, -0.25) is 4.79 Å². The van der Waals surface area contributed by atoms with E-state index in [4.69, 9.17) is 25.2 Å². The Morgan fingerprint density at radius 1 is 1.29 bits per heavy atom. The van der Waals surface area contributed by atoms with Crippen LogP contribution >= 0.6 is 0 Å². The van der Waals surface area contributed by atoms with Crippen molar-refractivity contribution in [2.24, 2.45) is 17.3 Å². The molecule has 5 atom stereocenters. The first-order valence-electron chi connectivity index (χ1n) is 12.3. The van der Waals surface area contributed by atoms with Crippen LogP contribution in [-0.2, 0) is 25.3 Å². The van der Waals surface area contributed by atoms with Crippen molar-refractivity contribution in [1.82, 2.24) is 5.32 Å². The zero-order valence-corrected chi connectivity index (χ0v) is 21.8. The zero-order valence-electron chi connectivity index (χ0n) is 21.8. The van der Waals surface area contributed by atoms with Gasteiger partial charge in [0.05, 0.1) is 24.8 Å². The highest BCUT2D eigenvalue weighted by molar-refractivity contribution is 6.48. The zero-order chi connectivity index (χ0) is 25.8. The molecule has 7 nitrogen and oxygen atoms in total. The number of hydrogen-bond donors (Lipinski definition) is 1. The summed E-state index contributed by atoms with van der Waals surface area (Å²) >= 11 is 0. The molecule has 1 aliphatic heterocycles. The Hall–Kier alpha value is -2.50. The number of ether oxygens (including phenoxy) is 2. The predicted molar refractivity (Wildman–Crippen MR) is 133 cm³/mol. The molecule has 1 aromatic rings. The number of esters is 1. The first kappa shape index (κ1) is 25.6. The monoisotopic (exact) mass is 481 g/mol. The van der Waals surface area contributed by atoms with Crippen molar-refractivity contribution in [2.45, 2.75) is 84.1 Å². The van der Waals surface area contributed by atoms with Crippen LogP contribution in [0.5, 0.6) is 5.75 Å². The van der Waals surface area contributed by atoms with Crippen LogP contribution in [0, 0.1) is 29.6 Å². The number of methoxy groups -OCH3 is 1. The smallest absolute Gasteiger partial charge is 0.482 e. The van der Waals surface area contributed by atoms with Crippen LogP contribution in [0.4, 0.5) is 0 Å². The molecular weight excluding hydrogens is 445 g/mol. The fourth-order valence-electron chi connectivity index (χ4n) is 6.21. The molecule has 0 aromatic heterocycles. The first-order valence-corrected chi connectivity index (χ1v) is 12.3. The number of carbonyl (C=O) groups excluding carboxylic acids is 2. The molecule has 0 radical (unpaired) electrons. The van der Waals surface area contributed by atoms with Crippen molar-refractivity contribution in [3.05, 3.63) is 29.3 Å². The minimum atomic E-state index is -0.674. The minimum Gasteiger partial charge on any atom is -0.496 e. The lowest BCUT2D eigenvalue weighted by molar-refractivity contribution is -0.199. The molecule has 4 aliphatic rings. The molecule has 8 heteroatoms. The van der Waals surface area contributed by atoms with Crippen LogP contribution in [0.1, 0.15) is 70.3 Å². The highest BCUT2D eigenvalue weighted by Crippen LogP contribution is 2.65. The van der Waals surface area contributed by atoms with E-state index < -0.39 is 36.1 Å². The minimum absolute atomic E-state index is 0.0375. The van der Waals surface area contributed by atoms with E-state index in [1.54, 1.807) is 12.1 Å². The Bertz CT molecular complexity index is 1060. The van der Waals surface area contributed by atoms with E-state index in [9.17, 15) is 9.59 Å². The molecule has 1 aromatic carbocycles. The van der Waals surface area contributed by atoms with Crippen molar-refractivity contribution >= 4 is 19.0 Å². The third-order valence-electron chi connectivity index (χ3n) is 8.10. The normalized spacial score (nSPS) is 29.3. The van der Waals surface area contributed by atoms with Gasteiger partial charge in [0.25, 0.3) is 5.91 Å². The summed E-state index contributed by atoms with van der Waals surface area (Å²) in [6.45, 7) is 12.2. The standard InChI is InChI=1S/C27H36BNO6/c1-9-22(30)29-21(28-34-20-15-17-14-19(26(17,5)6)27(20,7)35-28)13-16-11-10-12-18(23(16)32-8)24(31)33-25(2,3)4/h1,10-12,17,19-21H,13-15H2,2-8H3,(H,29,30)/t17-,19-,20+,21-,27-/m0/s1. The van der Waals surface area contributed by atoms with Gasteiger partial charge in [0.2, 0.25) is 0 Å². The van der Waals surface area contributed by atoms with Crippen LogP contribution in [0.2, 0.25) is 0 Å². The highest BCUT2D eigenvalue weighted by atomic mass is 16.7. The maximum Gasteiger partial charge on any atom is 0.482 e. The van der Waals surface area contributed by atoms with Crippen molar-refractivity contribution in [3.63, 3.8) is 0 Å². The van der Waals surface area contributed by atoms with Crippen LogP contribution in [-0.4, -0.2) is 49.4 Å². The van der Waals surface area contributed by atoms with Gasteiger partial charge in [-0.1, -0.05) is 26.0 Å². The topological polar surface area (TPSA) is 83.1 Å². The van der Waals surface area contributed by atoms with Crippen molar-refractivity contribution < 1.29 is 28.4 Å². The van der Waals surface area contributed by atoms with E-state index in [0.717, 1.165) is 18.4 Å². The molecule has 1 saturated heterocycles. The molecule has 0 unspecified atom stereocenters. The van der Waals surface area contributed by atoms with E-state index in [1.165, 1.54) is 7.11 Å². The summed E-state index contributed by atoms with van der Waals surface area (Å²) in [5.74, 6) is 1.92. The second-order valence-corrected chi connectivity index (χ2v) is 11.8. The molecule has 2 bridgehead atoms. The van der Waals surface area contributed by atoms with Gasteiger partial charge >= 0.3 is 13.1 Å². The SMILES string of the molecule is C#CC(=O)N[C@@H](Cc1cccc(C(=O)OC(C)(C)C)c1OC)B1O[C@@H]2C[C@@H]3C[C@@H](C3(C)C)[C@]2(C)O1. The van der Waals surface area contributed by atoms with E-state index in [1.807, 2.05) is 26.8 Å². The fourth-order valence-corrected chi connectivity index (χ4v) is 6.21. The van der Waals surface area contributed by atoms with Gasteiger partial charge in [-0.25, -0.2) is 4.79 Å². The summed E-state index contributed by atoms with van der Waals surface area (Å²) in [6.07, 6.45) is 7.70. The van der Waals surface area contributed by atoms with Gasteiger partial charge in [-0.2, -0.15) is 0 Å². The van der Waals surface area contributed by atoms with Gasteiger partial charge in [0, 0.05) is 0 Å². The largest absolute Gasteiger partial charge is 0.496 e. The summed E-state index contributed by atoms with van der Waals surface area (Å²) < 4.78 is 24.2. The van der Waals surface area contributed by atoms with E-state index >= 15 is 0 Å². The van der Waals surface area contributed by atoms with Crippen molar-refractivity contribution in [3.8, 4) is 18.1 Å². The first-order chi connectivity index (χ1) is 16.3. The van der Waals surface area contributed by atoms with Crippen molar-refractivity contribution in [2.75, 3.05) is 7.11 Å². The van der Waals surface area contributed by atoms with Crippen LogP contribution in [0.25, 0.3) is 0 Å². The Morgan fingerprint density at radius 3 is 2.60 bits per heavy atom. The van der Waals surface area contributed by atoms with Crippen LogP contribution in [0.3, 0.4) is 0 Å². The molecule has 188 valence electrons. The molecule has 5 rings (SSSR count). The molecule has 1 amide bonds. The lowest BCUT2D eigenvalue weighted by Gasteiger charge is -2.64. The second kappa shape index (κ2) is 8.87. The Balaban J connectivity index is 1.61. The molecule has 35 heavy (non-hydrogen) atoms. The number of carbonyl (C=O) groups is 2. The van der Waals surface area contributed by atoms with Gasteiger partial charge in [-0.05, 0) is 81.8 Å². The number of para-hydroxylation sites is 1. The number of terminal acetylenes is 1. The molecular formula is C27H36BNO6. The predicted octanol–water partition coefficient (Wildman–Crippen LogP) is 3.58. The van der Waals surface area contributed by atoms with E-state index in [-0.39, 0.29) is 11.5 Å². The average molecular weight is 481 g/mol. The number of rotatable bonds is 6. The van der Waals surface area contributed by atoms with Gasteiger partial charge < -0.3 is 24.1 Å². The highest BCUT2D eigenvalue weighted by Gasteiger charge is 2.68. The number of benzene rings is 1. The lowest BCUT2D eigenvalue weighted by Crippen LogP contribution is -2.65. The number of nitrogens with one attached hydrogen (secondary N) is 1. The summed E-state index contributed by atoms with van der Waals surface area (Å²) in [5.41, 5.74) is 0.164. The fraction of sp³-hybridized carbons (Fsp3) is 0.630. The van der Waals surface area contributed by atoms with Gasteiger partial charge in [0.1, 0.15) is 16.9 Å². The molecule has 1 heterocycles. The van der Waals surface area contributed by atoms with Crippen LogP contribution < -0.4 is 10.1 Å². The van der Waals surface area contributed by atoms with Gasteiger partial charge in [-0.15, -0.1) is 6.42 Å². The summed E-state index contributed by atoms with van der Waals surface area (Å²) in [5, 5.41) is 2.87. The van der Waals surface area contributed by atoms with Gasteiger partial charge in [0.15, 0.2) is 0 Å². The number of hydrogen-bond acceptors (Lipinski definition) is 6. The Labute approximate surface area is 208 Å². The maximum absolute atomic E-state index is 12.8. The lowest BCUT2D eigenvalue weighted by atomic mass is 9.43. The molecule has 3 saturated carbocycles. The molecule has 3 aliphatic carbocycles. The summed E-state index contributed by atoms with van der Waals surface area (Å²) in [7, 11) is 0.835. The quantitative estimate of drug-likeness (QED) is 0.380. The average Bonchev–Trinajstić information content (AvgIpc) is 3.14. The van der Waals surface area contributed by atoms with Crippen molar-refractivity contribution in [1.29, 1.82) is 0 Å². The molecule has 0 spiro atoms. The third-order valence-corrected chi connectivity index (χ3v) is 8.10. The number of amides is 1. The third kappa shape index (κ3) is 4.57. The molecule has 4 fully saturated rings. The summed E-state index contributed by atoms with van der Waals surface area (Å²) in [6, 6.07) is 5.29. The van der Waals surface area contributed by atoms with E-state index in [0.29, 0.717) is 29.6 Å². The second-order valence-electron chi connectivity index (χ2n) is 11.8. The molecule has 1 N–H and O–H groups in total. The van der Waals surface area contributed by atoms with Crippen LogP contribution in [0.15, 0.2) is 18.2 Å².